The van der Waals surface area contributed by atoms with Crippen molar-refractivity contribution in [3.8, 4) is 0 Å². The van der Waals surface area contributed by atoms with Gasteiger partial charge in [-0.2, -0.15) is 0 Å². The first-order valence-corrected chi connectivity index (χ1v) is 6.66. The highest BCUT2D eigenvalue weighted by Crippen LogP contribution is 2.30. The van der Waals surface area contributed by atoms with Gasteiger partial charge >= 0.3 is 0 Å². The van der Waals surface area contributed by atoms with Crippen LogP contribution in [-0.2, 0) is 6.42 Å². The number of hydrogen-bond donors (Lipinski definition) is 1. The molecule has 0 saturated carbocycles. The summed E-state index contributed by atoms with van der Waals surface area (Å²) in [6, 6.07) is 3.65. The number of aryl methyl sites for hydroxylation is 1. The number of piperidine rings is 1. The molecule has 0 spiro atoms. The van der Waals surface area contributed by atoms with Crippen molar-refractivity contribution in [2.24, 2.45) is 11.1 Å². The summed E-state index contributed by atoms with van der Waals surface area (Å²) in [6.45, 7) is 6.44. The normalized spacial score (nSPS) is 18.9. The van der Waals surface area contributed by atoms with Crippen molar-refractivity contribution < 1.29 is 9.21 Å². The van der Waals surface area contributed by atoms with Gasteiger partial charge in [-0.15, -0.1) is 0 Å². The van der Waals surface area contributed by atoms with Gasteiger partial charge in [0, 0.05) is 19.5 Å². The van der Waals surface area contributed by atoms with Crippen molar-refractivity contribution in [1.29, 1.82) is 0 Å². The average molecular weight is 250 g/mol. The van der Waals surface area contributed by atoms with Crippen LogP contribution in [0, 0.1) is 5.41 Å². The van der Waals surface area contributed by atoms with E-state index in [0.717, 1.165) is 38.1 Å². The van der Waals surface area contributed by atoms with Gasteiger partial charge in [0.1, 0.15) is 5.76 Å². The second-order valence-electron chi connectivity index (χ2n) is 5.43. The Hall–Kier alpha value is -1.29. The molecule has 4 nitrogen and oxygen atoms in total. The van der Waals surface area contributed by atoms with Gasteiger partial charge in [-0.05, 0) is 36.9 Å². The third-order valence-corrected chi connectivity index (χ3v) is 3.97. The summed E-state index contributed by atoms with van der Waals surface area (Å²) in [5.41, 5.74) is 5.96. The molecule has 1 saturated heterocycles. The fraction of sp³-hybridized carbons (Fsp3) is 0.643. The largest absolute Gasteiger partial charge is 0.456 e. The number of carbonyl (C=O) groups excluding carboxylic acids is 1. The quantitative estimate of drug-likeness (QED) is 0.893. The van der Waals surface area contributed by atoms with E-state index in [2.05, 4.69) is 6.92 Å². The number of rotatable bonds is 3. The lowest BCUT2D eigenvalue weighted by atomic mass is 9.80. The number of hydrogen-bond acceptors (Lipinski definition) is 3. The second kappa shape index (κ2) is 5.14. The van der Waals surface area contributed by atoms with E-state index in [1.54, 1.807) is 6.07 Å². The fourth-order valence-electron chi connectivity index (χ4n) is 2.29. The summed E-state index contributed by atoms with van der Waals surface area (Å²) in [5, 5.41) is 0. The lowest BCUT2D eigenvalue weighted by Gasteiger charge is -2.38. The highest BCUT2D eigenvalue weighted by atomic mass is 16.4. The van der Waals surface area contributed by atoms with Crippen LogP contribution in [0.1, 0.15) is 43.0 Å². The van der Waals surface area contributed by atoms with Crippen LogP contribution in [0.25, 0.3) is 0 Å². The molecular weight excluding hydrogens is 228 g/mol. The van der Waals surface area contributed by atoms with E-state index in [4.69, 9.17) is 10.2 Å². The number of furan rings is 1. The van der Waals surface area contributed by atoms with Crippen molar-refractivity contribution in [3.63, 3.8) is 0 Å². The van der Waals surface area contributed by atoms with Gasteiger partial charge in [-0.3, -0.25) is 4.79 Å². The molecule has 1 aromatic heterocycles. The van der Waals surface area contributed by atoms with E-state index >= 15 is 0 Å². The number of carbonyl (C=O) groups is 1. The Balaban J connectivity index is 1.99. The molecule has 0 atom stereocenters. The Morgan fingerprint density at radius 2 is 2.11 bits per heavy atom. The molecule has 1 fully saturated rings. The lowest BCUT2D eigenvalue weighted by Crippen LogP contribution is -2.44. The minimum atomic E-state index is 0.00812. The zero-order valence-electron chi connectivity index (χ0n) is 11.2. The average Bonchev–Trinajstić information content (AvgIpc) is 2.87. The van der Waals surface area contributed by atoms with Crippen LogP contribution in [0.15, 0.2) is 16.5 Å². The first kappa shape index (κ1) is 13.1. The minimum absolute atomic E-state index is 0.00812. The Labute approximate surface area is 108 Å². The molecule has 2 rings (SSSR count). The monoisotopic (exact) mass is 250 g/mol. The fourth-order valence-corrected chi connectivity index (χ4v) is 2.29. The predicted molar refractivity (Wildman–Crippen MR) is 70.4 cm³/mol. The highest BCUT2D eigenvalue weighted by molar-refractivity contribution is 5.91. The molecule has 1 aliphatic rings. The molecule has 1 aliphatic heterocycles. The van der Waals surface area contributed by atoms with Gasteiger partial charge in [-0.1, -0.05) is 13.8 Å². The van der Waals surface area contributed by atoms with E-state index in [0.29, 0.717) is 12.3 Å². The number of likely N-dealkylation sites (tertiary alicyclic amines) is 1. The SMILES string of the molecule is CCc1ccc(C(=O)N2CCC(C)(CN)CC2)o1. The molecule has 100 valence electrons. The molecule has 2 heterocycles. The van der Waals surface area contributed by atoms with E-state index in [-0.39, 0.29) is 11.3 Å². The van der Waals surface area contributed by atoms with E-state index < -0.39 is 0 Å². The van der Waals surface area contributed by atoms with Crippen LogP contribution in [0.2, 0.25) is 0 Å². The van der Waals surface area contributed by atoms with Crippen LogP contribution in [0.3, 0.4) is 0 Å². The first-order valence-electron chi connectivity index (χ1n) is 6.66. The molecule has 18 heavy (non-hydrogen) atoms. The highest BCUT2D eigenvalue weighted by Gasteiger charge is 2.31. The zero-order chi connectivity index (χ0) is 13.2. The minimum Gasteiger partial charge on any atom is -0.456 e. The predicted octanol–water partition coefficient (Wildman–Crippen LogP) is 2.04. The molecule has 2 N–H and O–H groups in total. The van der Waals surface area contributed by atoms with Crippen molar-refractivity contribution in [3.05, 3.63) is 23.7 Å². The van der Waals surface area contributed by atoms with Gasteiger partial charge < -0.3 is 15.1 Å². The summed E-state index contributed by atoms with van der Waals surface area (Å²) in [4.78, 5) is 14.1. The van der Waals surface area contributed by atoms with Crippen LogP contribution in [0.4, 0.5) is 0 Å². The standard InChI is InChI=1S/C14H22N2O2/c1-3-11-4-5-12(18-11)13(17)16-8-6-14(2,10-15)7-9-16/h4-5H,3,6-10,15H2,1-2H3. The molecule has 0 aromatic carbocycles. The maximum atomic E-state index is 12.2. The van der Waals surface area contributed by atoms with Gasteiger partial charge in [0.2, 0.25) is 0 Å². The zero-order valence-corrected chi connectivity index (χ0v) is 11.2. The summed E-state index contributed by atoms with van der Waals surface area (Å²) < 4.78 is 5.51. The van der Waals surface area contributed by atoms with Crippen LogP contribution < -0.4 is 5.73 Å². The van der Waals surface area contributed by atoms with Crippen LogP contribution >= 0.6 is 0 Å². The molecule has 0 unspecified atom stereocenters. The first-order chi connectivity index (χ1) is 8.58. The summed E-state index contributed by atoms with van der Waals surface area (Å²) >= 11 is 0. The van der Waals surface area contributed by atoms with Gasteiger partial charge in [0.15, 0.2) is 5.76 Å². The number of nitrogens with zero attached hydrogens (tertiary/aromatic N) is 1. The van der Waals surface area contributed by atoms with Crippen molar-refractivity contribution >= 4 is 5.91 Å². The van der Waals surface area contributed by atoms with E-state index in [1.165, 1.54) is 0 Å². The van der Waals surface area contributed by atoms with Crippen LogP contribution in [-0.4, -0.2) is 30.4 Å². The summed E-state index contributed by atoms with van der Waals surface area (Å²) in [6.07, 6.45) is 2.76. The molecule has 4 heteroatoms. The lowest BCUT2D eigenvalue weighted by molar-refractivity contribution is 0.0585. The van der Waals surface area contributed by atoms with Crippen molar-refractivity contribution in [2.45, 2.75) is 33.1 Å². The van der Waals surface area contributed by atoms with Crippen molar-refractivity contribution in [2.75, 3.05) is 19.6 Å². The maximum Gasteiger partial charge on any atom is 0.289 e. The Bertz CT molecular complexity index is 417. The molecule has 0 aliphatic carbocycles. The second-order valence-corrected chi connectivity index (χ2v) is 5.43. The molecule has 0 radical (unpaired) electrons. The molecule has 1 amide bonds. The summed E-state index contributed by atoms with van der Waals surface area (Å²) in [5.74, 6) is 1.33. The van der Waals surface area contributed by atoms with Crippen LogP contribution in [0.5, 0.6) is 0 Å². The number of amides is 1. The Morgan fingerprint density at radius 1 is 1.44 bits per heavy atom. The topological polar surface area (TPSA) is 59.5 Å². The van der Waals surface area contributed by atoms with E-state index in [1.807, 2.05) is 17.9 Å². The molecular formula is C14H22N2O2. The summed E-state index contributed by atoms with van der Waals surface area (Å²) in [7, 11) is 0. The maximum absolute atomic E-state index is 12.2. The Morgan fingerprint density at radius 3 is 2.61 bits per heavy atom. The van der Waals surface area contributed by atoms with Gasteiger partial charge in [0.25, 0.3) is 5.91 Å². The Kier molecular flexibility index (Phi) is 3.76. The molecule has 1 aromatic rings. The van der Waals surface area contributed by atoms with Crippen molar-refractivity contribution in [1.82, 2.24) is 4.90 Å². The third kappa shape index (κ3) is 2.58. The van der Waals surface area contributed by atoms with Gasteiger partial charge in [0.05, 0.1) is 0 Å². The molecule has 0 bridgehead atoms. The van der Waals surface area contributed by atoms with Gasteiger partial charge in [-0.25, -0.2) is 0 Å². The third-order valence-electron chi connectivity index (χ3n) is 3.97. The van der Waals surface area contributed by atoms with E-state index in [9.17, 15) is 4.79 Å². The number of nitrogens with two attached hydrogens (primary N) is 1. The smallest absolute Gasteiger partial charge is 0.289 e.